The van der Waals surface area contributed by atoms with Crippen molar-refractivity contribution in [3.05, 3.63) is 51.2 Å². The third-order valence-electron chi connectivity index (χ3n) is 5.11. The number of benzene rings is 1. The van der Waals surface area contributed by atoms with Gasteiger partial charge in [-0.2, -0.15) is 0 Å². The highest BCUT2D eigenvalue weighted by atomic mass is 35.5. The highest BCUT2D eigenvalue weighted by Gasteiger charge is 2.26. The van der Waals surface area contributed by atoms with Crippen LogP contribution < -0.4 is 10.0 Å². The Morgan fingerprint density at radius 1 is 1.31 bits per heavy atom. The normalized spacial score (nSPS) is 17.1. The second kappa shape index (κ2) is 9.47. The summed E-state index contributed by atoms with van der Waals surface area (Å²) in [6, 6.07) is 8.74. The van der Waals surface area contributed by atoms with Gasteiger partial charge in [0, 0.05) is 16.4 Å². The van der Waals surface area contributed by atoms with Crippen molar-refractivity contribution in [2.75, 3.05) is 30.6 Å². The Balaban J connectivity index is 1.76. The number of anilines is 1. The summed E-state index contributed by atoms with van der Waals surface area (Å²) in [5.74, 6) is 0.367. The third kappa shape index (κ3) is 6.18. The molecule has 1 aromatic carbocycles. The Kier molecular flexibility index (Phi) is 7.21. The standard InChI is InChI=1S/C20H26ClN3O3S2/c1-14-7-9-24(10-8-14)18(19-4-3-11-28-19)13-22-20(25)16-12-15(21)5-6-17(16)23-29(2,26)27/h3-6,11-12,14,18,23H,7-10,13H2,1-2H3,(H,22,25). The lowest BCUT2D eigenvalue weighted by molar-refractivity contribution is 0.0915. The minimum Gasteiger partial charge on any atom is -0.350 e. The zero-order valence-corrected chi connectivity index (χ0v) is 18.9. The predicted octanol–water partition coefficient (Wildman–Crippen LogP) is 3.98. The largest absolute Gasteiger partial charge is 0.350 e. The molecule has 6 nitrogen and oxygen atoms in total. The Morgan fingerprint density at radius 2 is 2.03 bits per heavy atom. The fraction of sp³-hybridized carbons (Fsp3) is 0.450. The van der Waals surface area contributed by atoms with Crippen LogP contribution in [-0.4, -0.2) is 45.1 Å². The maximum absolute atomic E-state index is 12.9. The molecule has 1 aromatic heterocycles. The number of thiophene rings is 1. The van der Waals surface area contributed by atoms with Crippen LogP contribution in [0.15, 0.2) is 35.7 Å². The van der Waals surface area contributed by atoms with Crippen LogP contribution in [0, 0.1) is 5.92 Å². The number of carbonyl (C=O) groups is 1. The number of nitrogens with zero attached hydrogens (tertiary/aromatic N) is 1. The lowest BCUT2D eigenvalue weighted by Gasteiger charge is -2.36. The first-order valence-electron chi connectivity index (χ1n) is 9.56. The highest BCUT2D eigenvalue weighted by Crippen LogP contribution is 2.29. The molecule has 0 saturated carbocycles. The molecular formula is C20H26ClN3O3S2. The van der Waals surface area contributed by atoms with Crippen molar-refractivity contribution in [1.29, 1.82) is 0 Å². The number of hydrogen-bond donors (Lipinski definition) is 2. The third-order valence-corrected chi connectivity index (χ3v) is 6.91. The molecule has 3 rings (SSSR count). The molecule has 2 N–H and O–H groups in total. The summed E-state index contributed by atoms with van der Waals surface area (Å²) in [7, 11) is -3.51. The van der Waals surface area contributed by atoms with E-state index in [9.17, 15) is 13.2 Å². The first-order chi connectivity index (χ1) is 13.7. The summed E-state index contributed by atoms with van der Waals surface area (Å²) < 4.78 is 25.7. The molecule has 1 aliphatic heterocycles. The van der Waals surface area contributed by atoms with Gasteiger partial charge in [-0.15, -0.1) is 11.3 Å². The van der Waals surface area contributed by atoms with E-state index in [0.717, 1.165) is 38.1 Å². The minimum atomic E-state index is -3.51. The molecule has 1 aliphatic rings. The monoisotopic (exact) mass is 455 g/mol. The van der Waals surface area contributed by atoms with Gasteiger partial charge in [-0.1, -0.05) is 24.6 Å². The lowest BCUT2D eigenvalue weighted by Crippen LogP contribution is -2.41. The smallest absolute Gasteiger partial charge is 0.253 e. The molecule has 2 heterocycles. The molecule has 9 heteroatoms. The Hall–Kier alpha value is -1.61. The predicted molar refractivity (Wildman–Crippen MR) is 119 cm³/mol. The first kappa shape index (κ1) is 22.1. The van der Waals surface area contributed by atoms with Gasteiger partial charge >= 0.3 is 0 Å². The van der Waals surface area contributed by atoms with Gasteiger partial charge in [0.15, 0.2) is 0 Å². The number of piperidine rings is 1. The maximum Gasteiger partial charge on any atom is 0.253 e. The van der Waals surface area contributed by atoms with Crippen LogP contribution in [0.2, 0.25) is 5.02 Å². The van der Waals surface area contributed by atoms with E-state index < -0.39 is 10.0 Å². The van der Waals surface area contributed by atoms with Crippen LogP contribution in [-0.2, 0) is 10.0 Å². The second-order valence-electron chi connectivity index (χ2n) is 7.52. The summed E-state index contributed by atoms with van der Waals surface area (Å²) in [4.78, 5) is 16.5. The Morgan fingerprint density at radius 3 is 2.66 bits per heavy atom. The van der Waals surface area contributed by atoms with E-state index in [4.69, 9.17) is 11.6 Å². The molecule has 1 unspecified atom stereocenters. The van der Waals surface area contributed by atoms with Gasteiger partial charge in [0.05, 0.1) is 23.5 Å². The van der Waals surface area contributed by atoms with E-state index in [1.54, 1.807) is 17.4 Å². The van der Waals surface area contributed by atoms with Crippen molar-refractivity contribution in [2.24, 2.45) is 5.92 Å². The lowest BCUT2D eigenvalue weighted by atomic mass is 9.97. The number of carbonyl (C=O) groups excluding carboxylic acids is 1. The molecule has 1 saturated heterocycles. The van der Waals surface area contributed by atoms with E-state index in [1.165, 1.54) is 17.0 Å². The van der Waals surface area contributed by atoms with Gasteiger partial charge < -0.3 is 5.32 Å². The van der Waals surface area contributed by atoms with Crippen molar-refractivity contribution < 1.29 is 13.2 Å². The number of likely N-dealkylation sites (tertiary alicyclic amines) is 1. The van der Waals surface area contributed by atoms with Crippen molar-refractivity contribution in [3.8, 4) is 0 Å². The maximum atomic E-state index is 12.9. The fourth-order valence-electron chi connectivity index (χ4n) is 3.51. The van der Waals surface area contributed by atoms with E-state index in [2.05, 4.69) is 27.9 Å². The van der Waals surface area contributed by atoms with E-state index in [0.29, 0.717) is 11.6 Å². The SMILES string of the molecule is CC1CCN(C(CNC(=O)c2cc(Cl)ccc2NS(C)(=O)=O)c2cccs2)CC1. The average molecular weight is 456 g/mol. The molecule has 0 bridgehead atoms. The van der Waals surface area contributed by atoms with Crippen LogP contribution in [0.3, 0.4) is 0 Å². The van der Waals surface area contributed by atoms with Gasteiger partial charge in [0.2, 0.25) is 10.0 Å². The van der Waals surface area contributed by atoms with Gasteiger partial charge in [0.1, 0.15) is 0 Å². The summed E-state index contributed by atoms with van der Waals surface area (Å²) in [5, 5.41) is 5.39. The number of nitrogens with one attached hydrogen (secondary N) is 2. The first-order valence-corrected chi connectivity index (χ1v) is 12.7. The molecule has 1 atom stereocenters. The Bertz CT molecular complexity index is 940. The van der Waals surface area contributed by atoms with E-state index >= 15 is 0 Å². The Labute approximate surface area is 181 Å². The topological polar surface area (TPSA) is 78.5 Å². The molecule has 0 aliphatic carbocycles. The average Bonchev–Trinajstić information content (AvgIpc) is 3.18. The molecule has 158 valence electrons. The van der Waals surface area contributed by atoms with Gasteiger partial charge in [-0.25, -0.2) is 8.42 Å². The number of rotatable bonds is 7. The number of hydrogen-bond acceptors (Lipinski definition) is 5. The quantitative estimate of drug-likeness (QED) is 0.662. The van der Waals surface area contributed by atoms with E-state index in [1.807, 2.05) is 11.4 Å². The summed E-state index contributed by atoms with van der Waals surface area (Å²) in [5.41, 5.74) is 0.425. The highest BCUT2D eigenvalue weighted by molar-refractivity contribution is 7.92. The molecule has 29 heavy (non-hydrogen) atoms. The van der Waals surface area contributed by atoms with Gasteiger partial charge in [-0.05, 0) is 61.5 Å². The summed E-state index contributed by atoms with van der Waals surface area (Å²) >= 11 is 7.73. The molecule has 0 spiro atoms. The van der Waals surface area contributed by atoms with Crippen molar-refractivity contribution >= 4 is 44.6 Å². The zero-order valence-electron chi connectivity index (χ0n) is 16.5. The van der Waals surface area contributed by atoms with Crippen LogP contribution in [0.1, 0.15) is 41.0 Å². The van der Waals surface area contributed by atoms with E-state index in [-0.39, 0.29) is 23.2 Å². The van der Waals surface area contributed by atoms with Crippen LogP contribution in [0.4, 0.5) is 5.69 Å². The van der Waals surface area contributed by atoms with Crippen molar-refractivity contribution in [3.63, 3.8) is 0 Å². The van der Waals surface area contributed by atoms with Gasteiger partial charge in [0.25, 0.3) is 5.91 Å². The molecule has 1 amide bonds. The zero-order chi connectivity index (χ0) is 21.0. The molecule has 0 radical (unpaired) electrons. The molecular weight excluding hydrogens is 430 g/mol. The van der Waals surface area contributed by atoms with Crippen LogP contribution in [0.5, 0.6) is 0 Å². The van der Waals surface area contributed by atoms with Crippen molar-refractivity contribution in [2.45, 2.75) is 25.8 Å². The summed E-state index contributed by atoms with van der Waals surface area (Å²) in [6.45, 7) is 4.71. The van der Waals surface area contributed by atoms with Crippen molar-refractivity contribution in [1.82, 2.24) is 10.2 Å². The van der Waals surface area contributed by atoms with Gasteiger partial charge in [-0.3, -0.25) is 14.4 Å². The fourth-order valence-corrected chi connectivity index (χ4v) is 5.12. The number of halogens is 1. The van der Waals surface area contributed by atoms with Crippen LogP contribution in [0.25, 0.3) is 0 Å². The summed E-state index contributed by atoms with van der Waals surface area (Å²) in [6.07, 6.45) is 3.34. The second-order valence-corrected chi connectivity index (χ2v) is 10.7. The molecule has 1 fully saturated rings. The number of amides is 1. The number of sulfonamides is 1. The van der Waals surface area contributed by atoms with Crippen LogP contribution >= 0.6 is 22.9 Å². The minimum absolute atomic E-state index is 0.0944. The molecule has 2 aromatic rings.